The van der Waals surface area contributed by atoms with Crippen molar-refractivity contribution in [2.75, 3.05) is 13.7 Å². The number of carbonyl (C=O) groups excluding carboxylic acids is 1. The summed E-state index contributed by atoms with van der Waals surface area (Å²) in [5.74, 6) is 1.12. The van der Waals surface area contributed by atoms with Gasteiger partial charge in [0.2, 0.25) is 0 Å². The molecule has 0 N–H and O–H groups in total. The molecule has 0 atom stereocenters. The SMILES string of the molecule is COc1ccc(C(=O)COc2ccc3c4c(c(=O)oc3c2C)CCCCC4)cc1. The van der Waals surface area contributed by atoms with Gasteiger partial charge in [-0.15, -0.1) is 0 Å². The molecule has 1 heterocycles. The van der Waals surface area contributed by atoms with Gasteiger partial charge in [-0.2, -0.15) is 0 Å². The zero-order valence-corrected chi connectivity index (χ0v) is 16.7. The predicted molar refractivity (Wildman–Crippen MR) is 111 cm³/mol. The maximum absolute atomic E-state index is 12.5. The van der Waals surface area contributed by atoms with Gasteiger partial charge in [-0.1, -0.05) is 6.42 Å². The fraction of sp³-hybridized carbons (Fsp3) is 0.333. The lowest BCUT2D eigenvalue weighted by Gasteiger charge is -2.13. The van der Waals surface area contributed by atoms with E-state index >= 15 is 0 Å². The normalized spacial score (nSPS) is 13.6. The molecule has 150 valence electrons. The lowest BCUT2D eigenvalue weighted by atomic mass is 9.98. The Balaban J connectivity index is 1.60. The monoisotopic (exact) mass is 392 g/mol. The van der Waals surface area contributed by atoms with Crippen molar-refractivity contribution < 1.29 is 18.7 Å². The van der Waals surface area contributed by atoms with Gasteiger partial charge in [-0.25, -0.2) is 4.79 Å². The molecule has 1 aliphatic rings. The van der Waals surface area contributed by atoms with E-state index in [0.29, 0.717) is 22.6 Å². The number of hydrogen-bond acceptors (Lipinski definition) is 5. The van der Waals surface area contributed by atoms with Crippen LogP contribution >= 0.6 is 0 Å². The number of rotatable bonds is 5. The van der Waals surface area contributed by atoms with Crippen LogP contribution in [0.15, 0.2) is 45.6 Å². The summed E-state index contributed by atoms with van der Waals surface area (Å²) in [7, 11) is 1.58. The molecule has 5 nitrogen and oxygen atoms in total. The van der Waals surface area contributed by atoms with E-state index in [-0.39, 0.29) is 18.0 Å². The standard InChI is InChI=1S/C24H24O5/c1-15-22(28-14-21(25)16-8-10-17(27-2)11-9-16)13-12-19-18-6-4-3-5-7-20(18)24(26)29-23(15)19/h8-13H,3-7,14H2,1-2H3. The van der Waals surface area contributed by atoms with Gasteiger partial charge in [-0.05, 0) is 74.6 Å². The number of benzene rings is 2. The van der Waals surface area contributed by atoms with Crippen molar-refractivity contribution >= 4 is 16.8 Å². The average Bonchev–Trinajstić information content (AvgIpc) is 3.00. The predicted octanol–water partition coefficient (Wildman–Crippen LogP) is 4.64. The fourth-order valence-corrected chi connectivity index (χ4v) is 3.96. The summed E-state index contributed by atoms with van der Waals surface area (Å²) in [5, 5.41) is 0.979. The van der Waals surface area contributed by atoms with Gasteiger partial charge in [0, 0.05) is 22.1 Å². The van der Waals surface area contributed by atoms with Gasteiger partial charge < -0.3 is 13.9 Å². The van der Waals surface area contributed by atoms with Crippen LogP contribution in [0.3, 0.4) is 0 Å². The van der Waals surface area contributed by atoms with Crippen molar-refractivity contribution in [1.29, 1.82) is 0 Å². The summed E-state index contributed by atoms with van der Waals surface area (Å²) in [6.45, 7) is 1.77. The minimum atomic E-state index is -0.246. The molecule has 0 aliphatic heterocycles. The zero-order valence-electron chi connectivity index (χ0n) is 16.7. The van der Waals surface area contributed by atoms with E-state index in [4.69, 9.17) is 13.9 Å². The third-order valence-electron chi connectivity index (χ3n) is 5.61. The van der Waals surface area contributed by atoms with Crippen LogP contribution in [0.5, 0.6) is 11.5 Å². The first-order valence-electron chi connectivity index (χ1n) is 9.96. The first-order valence-corrected chi connectivity index (χ1v) is 9.96. The number of ketones is 1. The molecule has 0 saturated heterocycles. The minimum absolute atomic E-state index is 0.0894. The van der Waals surface area contributed by atoms with Crippen LogP contribution in [-0.4, -0.2) is 19.5 Å². The second-order valence-electron chi connectivity index (χ2n) is 7.41. The topological polar surface area (TPSA) is 65.7 Å². The summed E-state index contributed by atoms with van der Waals surface area (Å²) in [4.78, 5) is 25.0. The molecule has 29 heavy (non-hydrogen) atoms. The van der Waals surface area contributed by atoms with E-state index in [1.807, 2.05) is 19.1 Å². The number of ether oxygens (including phenoxy) is 2. The molecule has 0 spiro atoms. The highest BCUT2D eigenvalue weighted by Gasteiger charge is 2.19. The third kappa shape index (κ3) is 3.77. The molecule has 0 saturated carbocycles. The summed E-state index contributed by atoms with van der Waals surface area (Å²) in [5.41, 5.74) is 3.54. The van der Waals surface area contributed by atoms with Crippen LogP contribution in [0, 0.1) is 6.92 Å². The van der Waals surface area contributed by atoms with E-state index in [1.165, 1.54) is 0 Å². The molecule has 4 rings (SSSR count). The van der Waals surface area contributed by atoms with Crippen molar-refractivity contribution in [3.63, 3.8) is 0 Å². The van der Waals surface area contributed by atoms with Crippen LogP contribution in [-0.2, 0) is 12.8 Å². The Morgan fingerprint density at radius 1 is 1.00 bits per heavy atom. The summed E-state index contributed by atoms with van der Waals surface area (Å²) >= 11 is 0. The van der Waals surface area contributed by atoms with Crippen LogP contribution in [0.25, 0.3) is 11.0 Å². The van der Waals surface area contributed by atoms with Crippen LogP contribution < -0.4 is 15.1 Å². The highest BCUT2D eigenvalue weighted by atomic mass is 16.5. The Morgan fingerprint density at radius 3 is 2.45 bits per heavy atom. The fourth-order valence-electron chi connectivity index (χ4n) is 3.96. The smallest absolute Gasteiger partial charge is 0.339 e. The summed E-state index contributed by atoms with van der Waals surface area (Å²) < 4.78 is 16.6. The molecule has 1 aromatic heterocycles. The Morgan fingerprint density at radius 2 is 1.72 bits per heavy atom. The Labute approximate surface area is 169 Å². The van der Waals surface area contributed by atoms with Crippen LogP contribution in [0.1, 0.15) is 46.3 Å². The number of hydrogen-bond donors (Lipinski definition) is 0. The van der Waals surface area contributed by atoms with Gasteiger partial charge in [0.1, 0.15) is 17.1 Å². The van der Waals surface area contributed by atoms with Crippen molar-refractivity contribution in [2.45, 2.75) is 39.0 Å². The first-order chi connectivity index (χ1) is 14.1. The van der Waals surface area contributed by atoms with E-state index in [9.17, 15) is 9.59 Å². The number of Topliss-reactive ketones (excluding diaryl/α,β-unsaturated/α-hetero) is 1. The Hall–Kier alpha value is -3.08. The van der Waals surface area contributed by atoms with Gasteiger partial charge in [0.05, 0.1) is 7.11 Å². The molecule has 2 aromatic carbocycles. The quantitative estimate of drug-likeness (QED) is 0.359. The maximum atomic E-state index is 12.5. The van der Waals surface area contributed by atoms with Gasteiger partial charge in [0.25, 0.3) is 0 Å². The number of aryl methyl sites for hydroxylation is 2. The van der Waals surface area contributed by atoms with Crippen molar-refractivity contribution in [3.05, 3.63) is 69.1 Å². The van der Waals surface area contributed by atoms with E-state index in [0.717, 1.165) is 54.2 Å². The Bertz CT molecular complexity index is 1110. The number of methoxy groups -OCH3 is 1. The third-order valence-corrected chi connectivity index (χ3v) is 5.61. The Kier molecular flexibility index (Phi) is 5.38. The maximum Gasteiger partial charge on any atom is 0.339 e. The largest absolute Gasteiger partial charge is 0.497 e. The van der Waals surface area contributed by atoms with Gasteiger partial charge >= 0.3 is 5.63 Å². The second-order valence-corrected chi connectivity index (χ2v) is 7.41. The van der Waals surface area contributed by atoms with Crippen molar-refractivity contribution in [1.82, 2.24) is 0 Å². The molecule has 5 heteroatoms. The summed E-state index contributed by atoms with van der Waals surface area (Å²) in [6.07, 6.45) is 4.91. The molecular formula is C24H24O5. The lowest BCUT2D eigenvalue weighted by molar-refractivity contribution is 0.0921. The van der Waals surface area contributed by atoms with Crippen molar-refractivity contribution in [2.24, 2.45) is 0 Å². The average molecular weight is 392 g/mol. The minimum Gasteiger partial charge on any atom is -0.497 e. The van der Waals surface area contributed by atoms with E-state index < -0.39 is 0 Å². The molecule has 0 fully saturated rings. The molecule has 0 radical (unpaired) electrons. The lowest BCUT2D eigenvalue weighted by Crippen LogP contribution is -2.13. The van der Waals surface area contributed by atoms with Crippen LogP contribution in [0.2, 0.25) is 0 Å². The van der Waals surface area contributed by atoms with Gasteiger partial charge in [0.15, 0.2) is 12.4 Å². The highest BCUT2D eigenvalue weighted by molar-refractivity contribution is 5.97. The number of fused-ring (bicyclic) bond motifs is 3. The zero-order chi connectivity index (χ0) is 20.4. The molecule has 0 amide bonds. The van der Waals surface area contributed by atoms with E-state index in [1.54, 1.807) is 31.4 Å². The first kappa shape index (κ1) is 19.2. The second kappa shape index (κ2) is 8.11. The highest BCUT2D eigenvalue weighted by Crippen LogP contribution is 2.32. The molecule has 3 aromatic rings. The summed E-state index contributed by atoms with van der Waals surface area (Å²) in [6, 6.07) is 10.7. The number of carbonyl (C=O) groups is 1. The molecule has 1 aliphatic carbocycles. The van der Waals surface area contributed by atoms with E-state index in [2.05, 4.69) is 0 Å². The molecular weight excluding hydrogens is 368 g/mol. The molecule has 0 bridgehead atoms. The molecule has 0 unspecified atom stereocenters. The van der Waals surface area contributed by atoms with Crippen LogP contribution in [0.4, 0.5) is 0 Å². The van der Waals surface area contributed by atoms with Gasteiger partial charge in [-0.3, -0.25) is 4.79 Å². The van der Waals surface area contributed by atoms with Crippen molar-refractivity contribution in [3.8, 4) is 11.5 Å².